The van der Waals surface area contributed by atoms with E-state index in [9.17, 15) is 9.59 Å². The first-order chi connectivity index (χ1) is 15.8. The van der Waals surface area contributed by atoms with Crippen LogP contribution in [0.15, 0.2) is 64.0 Å². The predicted molar refractivity (Wildman–Crippen MR) is 140 cm³/mol. The van der Waals surface area contributed by atoms with Crippen molar-refractivity contribution >= 4 is 56.6 Å². The number of hydrogen-bond acceptors (Lipinski definition) is 6. The van der Waals surface area contributed by atoms with Gasteiger partial charge in [-0.1, -0.05) is 46.3 Å². The van der Waals surface area contributed by atoms with E-state index in [0.717, 1.165) is 25.4 Å². The number of benzene rings is 2. The van der Waals surface area contributed by atoms with E-state index in [1.54, 1.807) is 59.4 Å². The zero-order valence-corrected chi connectivity index (χ0v) is 22.6. The number of anilines is 1. The Morgan fingerprint density at radius 3 is 2.06 bits per heavy atom. The van der Waals surface area contributed by atoms with Crippen LogP contribution < -0.4 is 4.90 Å². The lowest BCUT2D eigenvalue weighted by Crippen LogP contribution is -2.44. The minimum atomic E-state index is -0.845. The molecule has 0 aliphatic rings. The fraction of sp³-hybridized carbons (Fsp3) is 0.346. The fourth-order valence-corrected chi connectivity index (χ4v) is 4.64. The van der Waals surface area contributed by atoms with Gasteiger partial charge in [0, 0.05) is 20.5 Å². The molecule has 0 aliphatic heterocycles. The molecule has 0 aliphatic carbocycles. The normalized spacial score (nSPS) is 11.9. The third kappa shape index (κ3) is 7.21. The number of amides is 2. The number of fused-ring (bicyclic) bond motifs is 1. The number of carbonyl (C=O) groups excluding carboxylic acids is 2. The molecule has 0 radical (unpaired) electrons. The van der Waals surface area contributed by atoms with E-state index in [0.29, 0.717) is 5.52 Å². The van der Waals surface area contributed by atoms with Gasteiger partial charge in [-0.2, -0.15) is 4.90 Å². The van der Waals surface area contributed by atoms with Gasteiger partial charge >= 0.3 is 12.2 Å². The van der Waals surface area contributed by atoms with Crippen molar-refractivity contribution in [2.45, 2.75) is 63.4 Å². The van der Waals surface area contributed by atoms with E-state index in [-0.39, 0.29) is 5.82 Å². The number of thioether (sulfide) groups is 1. The number of aromatic nitrogens is 1. The highest BCUT2D eigenvalue weighted by Crippen LogP contribution is 2.33. The van der Waals surface area contributed by atoms with Crippen molar-refractivity contribution in [1.82, 2.24) is 4.98 Å². The fourth-order valence-electron chi connectivity index (χ4n) is 2.98. The van der Waals surface area contributed by atoms with Gasteiger partial charge in [0.05, 0.1) is 5.52 Å². The summed E-state index contributed by atoms with van der Waals surface area (Å²) in [7, 11) is 0. The van der Waals surface area contributed by atoms with Crippen molar-refractivity contribution in [3.8, 4) is 0 Å². The van der Waals surface area contributed by atoms with E-state index >= 15 is 0 Å². The summed E-state index contributed by atoms with van der Waals surface area (Å²) in [5, 5.41) is 0.862. The summed E-state index contributed by atoms with van der Waals surface area (Å²) in [4.78, 5) is 32.4. The van der Waals surface area contributed by atoms with Crippen LogP contribution in [-0.2, 0) is 15.2 Å². The standard InChI is InChI=1S/C26H29BrN2O4S/c1-25(2,3)32-23(30)29(24(31)33-26(4,5)6)22-13-12-19-20(27)14-18(15-21(19)28-22)34-16-17-10-8-7-9-11-17/h7-15H,16H2,1-6H3. The number of halogens is 1. The Bertz CT molecular complexity index is 1160. The Morgan fingerprint density at radius 2 is 1.50 bits per heavy atom. The number of nitrogens with zero attached hydrogens (tertiary/aromatic N) is 2. The van der Waals surface area contributed by atoms with Crippen molar-refractivity contribution in [1.29, 1.82) is 0 Å². The molecule has 2 amide bonds. The molecule has 0 saturated heterocycles. The maximum atomic E-state index is 13.0. The molecular formula is C26H29BrN2O4S. The molecule has 1 heterocycles. The average molecular weight is 545 g/mol. The number of carbonyl (C=O) groups is 2. The highest BCUT2D eigenvalue weighted by molar-refractivity contribution is 9.10. The molecule has 0 N–H and O–H groups in total. The molecule has 0 saturated carbocycles. The molecule has 180 valence electrons. The first-order valence-corrected chi connectivity index (χ1v) is 12.6. The largest absolute Gasteiger partial charge is 0.443 e. The quantitative estimate of drug-likeness (QED) is 0.310. The lowest BCUT2D eigenvalue weighted by molar-refractivity contribution is 0.0429. The Labute approximate surface area is 213 Å². The molecule has 3 rings (SSSR count). The van der Waals surface area contributed by atoms with E-state index < -0.39 is 23.4 Å². The molecular weight excluding hydrogens is 516 g/mol. The van der Waals surface area contributed by atoms with Crippen molar-refractivity contribution in [2.24, 2.45) is 0 Å². The first kappa shape index (κ1) is 26.0. The van der Waals surface area contributed by atoms with Crippen molar-refractivity contribution < 1.29 is 19.1 Å². The summed E-state index contributed by atoms with van der Waals surface area (Å²) in [5.41, 5.74) is 0.266. The number of rotatable bonds is 4. The van der Waals surface area contributed by atoms with Crippen molar-refractivity contribution in [2.75, 3.05) is 4.90 Å². The molecule has 3 aromatic rings. The topological polar surface area (TPSA) is 68.7 Å². The van der Waals surface area contributed by atoms with Gasteiger partial charge < -0.3 is 9.47 Å². The minimum absolute atomic E-state index is 0.133. The highest BCUT2D eigenvalue weighted by atomic mass is 79.9. The van der Waals surface area contributed by atoms with Crippen molar-refractivity contribution in [3.63, 3.8) is 0 Å². The number of pyridine rings is 1. The Morgan fingerprint density at radius 1 is 0.912 bits per heavy atom. The van der Waals surface area contributed by atoms with Gasteiger partial charge in [-0.15, -0.1) is 11.8 Å². The summed E-state index contributed by atoms with van der Waals surface area (Å²) in [6, 6.07) is 17.6. The maximum absolute atomic E-state index is 13.0. The number of hydrogen-bond donors (Lipinski definition) is 0. The van der Waals surface area contributed by atoms with Gasteiger partial charge in [0.2, 0.25) is 0 Å². The van der Waals surface area contributed by atoms with Gasteiger partial charge in [-0.25, -0.2) is 14.6 Å². The molecule has 6 nitrogen and oxygen atoms in total. The lowest BCUT2D eigenvalue weighted by atomic mass is 10.2. The third-order valence-electron chi connectivity index (χ3n) is 4.34. The van der Waals surface area contributed by atoms with Gasteiger partial charge in [0.25, 0.3) is 0 Å². The zero-order chi connectivity index (χ0) is 25.1. The van der Waals surface area contributed by atoms with Gasteiger partial charge in [-0.05, 0) is 71.4 Å². The molecule has 34 heavy (non-hydrogen) atoms. The first-order valence-electron chi connectivity index (χ1n) is 10.9. The molecule has 0 fully saturated rings. The van der Waals surface area contributed by atoms with Gasteiger partial charge in [0.15, 0.2) is 0 Å². The van der Waals surface area contributed by atoms with Crippen LogP contribution in [0.1, 0.15) is 47.1 Å². The lowest BCUT2D eigenvalue weighted by Gasteiger charge is -2.28. The number of ether oxygens (including phenoxy) is 2. The minimum Gasteiger partial charge on any atom is -0.443 e. The van der Waals surface area contributed by atoms with E-state index in [4.69, 9.17) is 9.47 Å². The van der Waals surface area contributed by atoms with Crippen LogP contribution in [0.25, 0.3) is 10.9 Å². The second-order valence-electron chi connectivity index (χ2n) is 9.71. The SMILES string of the molecule is CC(C)(C)OC(=O)N(C(=O)OC(C)(C)C)c1ccc2c(Br)cc(SCc3ccccc3)cc2n1. The third-order valence-corrected chi connectivity index (χ3v) is 6.05. The van der Waals surface area contributed by atoms with Crippen LogP contribution in [0.5, 0.6) is 0 Å². The number of imide groups is 1. The smallest absolute Gasteiger partial charge is 0.425 e. The van der Waals surface area contributed by atoms with E-state index in [1.807, 2.05) is 36.4 Å². The van der Waals surface area contributed by atoms with Crippen LogP contribution >= 0.6 is 27.7 Å². The van der Waals surface area contributed by atoms with E-state index in [1.165, 1.54) is 5.56 Å². The predicted octanol–water partition coefficient (Wildman–Crippen LogP) is 7.97. The summed E-state index contributed by atoms with van der Waals surface area (Å²) >= 11 is 5.30. The maximum Gasteiger partial charge on any atom is 0.425 e. The molecule has 8 heteroatoms. The Hall–Kier alpha value is -2.58. The van der Waals surface area contributed by atoms with E-state index in [2.05, 4.69) is 33.0 Å². The Kier molecular flexibility index (Phi) is 7.93. The molecule has 2 aromatic carbocycles. The summed E-state index contributed by atoms with van der Waals surface area (Å²) in [6.07, 6.45) is -1.69. The average Bonchev–Trinajstić information content (AvgIpc) is 2.70. The molecule has 0 unspecified atom stereocenters. The van der Waals surface area contributed by atoms with Gasteiger partial charge in [0.1, 0.15) is 17.0 Å². The van der Waals surface area contributed by atoms with Crippen molar-refractivity contribution in [3.05, 3.63) is 64.6 Å². The van der Waals surface area contributed by atoms with Crippen LogP contribution in [0.2, 0.25) is 0 Å². The second kappa shape index (κ2) is 10.4. The van der Waals surface area contributed by atoms with Crippen LogP contribution in [0, 0.1) is 0 Å². The van der Waals surface area contributed by atoms with Crippen LogP contribution in [-0.4, -0.2) is 28.4 Å². The van der Waals surface area contributed by atoms with Crippen LogP contribution in [0.3, 0.4) is 0 Å². The summed E-state index contributed by atoms with van der Waals surface area (Å²) in [5.74, 6) is 0.938. The second-order valence-corrected chi connectivity index (χ2v) is 11.6. The summed E-state index contributed by atoms with van der Waals surface area (Å²) < 4.78 is 11.8. The summed E-state index contributed by atoms with van der Waals surface area (Å²) in [6.45, 7) is 10.4. The molecule has 0 spiro atoms. The molecule has 0 atom stereocenters. The monoisotopic (exact) mass is 544 g/mol. The van der Waals surface area contributed by atoms with Crippen LogP contribution in [0.4, 0.5) is 15.4 Å². The highest BCUT2D eigenvalue weighted by Gasteiger charge is 2.33. The molecule has 0 bridgehead atoms. The Balaban J connectivity index is 1.97. The molecule has 1 aromatic heterocycles. The van der Waals surface area contributed by atoms with Gasteiger partial charge in [-0.3, -0.25) is 0 Å². The zero-order valence-electron chi connectivity index (χ0n) is 20.2.